The summed E-state index contributed by atoms with van der Waals surface area (Å²) in [4.78, 5) is 25.2. The minimum Gasteiger partial charge on any atom is -0.365 e. The van der Waals surface area contributed by atoms with Crippen LogP contribution in [0.5, 0.6) is 0 Å². The molecule has 0 atom stereocenters. The third-order valence-electron chi connectivity index (χ3n) is 2.57. The van der Waals surface area contributed by atoms with Crippen LogP contribution >= 0.6 is 0 Å². The molecule has 1 rings (SSSR count). The number of carbonyl (C=O) groups is 1. The van der Waals surface area contributed by atoms with Crippen LogP contribution in [0.1, 0.15) is 24.2 Å². The average molecular weight is 237 g/mol. The van der Waals surface area contributed by atoms with Crippen molar-refractivity contribution >= 4 is 5.91 Å². The van der Waals surface area contributed by atoms with Gasteiger partial charge in [-0.05, 0) is 40.1 Å². The lowest BCUT2D eigenvalue weighted by Crippen LogP contribution is -2.44. The van der Waals surface area contributed by atoms with Gasteiger partial charge in [0, 0.05) is 12.7 Å². The summed E-state index contributed by atoms with van der Waals surface area (Å²) < 4.78 is 1.55. The van der Waals surface area contributed by atoms with E-state index in [0.717, 1.165) is 0 Å². The van der Waals surface area contributed by atoms with Gasteiger partial charge in [0.25, 0.3) is 11.5 Å². The molecule has 0 aliphatic heterocycles. The summed E-state index contributed by atoms with van der Waals surface area (Å²) in [5.41, 5.74) is 4.45. The standard InChI is InChI=1S/C12H19N3O2/c1-12(2,8-14(3)4)15-7-5-6-9(10(13)16)11(15)17/h5-7H,8H2,1-4H3,(H2,13,16). The maximum atomic E-state index is 12.1. The van der Waals surface area contributed by atoms with Gasteiger partial charge in [0.05, 0.1) is 5.54 Å². The Kier molecular flexibility index (Phi) is 3.72. The maximum absolute atomic E-state index is 12.1. The number of hydrogen-bond acceptors (Lipinski definition) is 3. The Morgan fingerprint density at radius 2 is 2.06 bits per heavy atom. The van der Waals surface area contributed by atoms with E-state index in [1.165, 1.54) is 6.07 Å². The fourth-order valence-corrected chi connectivity index (χ4v) is 2.01. The van der Waals surface area contributed by atoms with E-state index in [1.54, 1.807) is 16.8 Å². The Morgan fingerprint density at radius 3 is 2.53 bits per heavy atom. The van der Waals surface area contributed by atoms with Crippen molar-refractivity contribution in [3.8, 4) is 0 Å². The summed E-state index contributed by atoms with van der Waals surface area (Å²) in [6.45, 7) is 4.58. The molecule has 0 radical (unpaired) electrons. The summed E-state index contributed by atoms with van der Waals surface area (Å²) in [6, 6.07) is 3.12. The van der Waals surface area contributed by atoms with Gasteiger partial charge in [-0.3, -0.25) is 9.59 Å². The molecule has 0 spiro atoms. The summed E-state index contributed by atoms with van der Waals surface area (Å²) >= 11 is 0. The normalized spacial score (nSPS) is 11.8. The summed E-state index contributed by atoms with van der Waals surface area (Å²) in [5, 5.41) is 0. The topological polar surface area (TPSA) is 68.3 Å². The quantitative estimate of drug-likeness (QED) is 0.816. The highest BCUT2D eigenvalue weighted by Crippen LogP contribution is 2.13. The number of likely N-dealkylation sites (N-methyl/N-ethyl adjacent to an activating group) is 1. The zero-order valence-corrected chi connectivity index (χ0v) is 10.7. The van der Waals surface area contributed by atoms with Gasteiger partial charge < -0.3 is 15.2 Å². The highest BCUT2D eigenvalue weighted by Gasteiger charge is 2.23. The van der Waals surface area contributed by atoms with E-state index in [0.29, 0.717) is 6.54 Å². The van der Waals surface area contributed by atoms with Crippen molar-refractivity contribution in [2.45, 2.75) is 19.4 Å². The third kappa shape index (κ3) is 2.94. The first-order chi connectivity index (χ1) is 7.75. The van der Waals surface area contributed by atoms with Gasteiger partial charge in [0.15, 0.2) is 0 Å². The number of nitrogens with two attached hydrogens (primary N) is 1. The highest BCUT2D eigenvalue weighted by molar-refractivity contribution is 5.92. The molecule has 17 heavy (non-hydrogen) atoms. The summed E-state index contributed by atoms with van der Waals surface area (Å²) in [7, 11) is 3.87. The number of carbonyl (C=O) groups excluding carboxylic acids is 1. The molecular formula is C12H19N3O2. The van der Waals surface area contributed by atoms with Gasteiger partial charge in [0.1, 0.15) is 5.56 Å². The molecule has 94 valence electrons. The van der Waals surface area contributed by atoms with Crippen LogP contribution in [-0.4, -0.2) is 36.0 Å². The molecule has 0 aliphatic carbocycles. The molecule has 0 aliphatic rings. The molecule has 5 nitrogen and oxygen atoms in total. The molecule has 5 heteroatoms. The Hall–Kier alpha value is -1.62. The number of pyridine rings is 1. The average Bonchev–Trinajstić information content (AvgIpc) is 2.14. The molecule has 0 unspecified atom stereocenters. The first-order valence-corrected chi connectivity index (χ1v) is 5.42. The molecule has 0 fully saturated rings. The molecule has 1 aromatic rings. The van der Waals surface area contributed by atoms with Crippen molar-refractivity contribution in [2.75, 3.05) is 20.6 Å². The second kappa shape index (κ2) is 4.71. The van der Waals surface area contributed by atoms with E-state index in [9.17, 15) is 9.59 Å². The number of nitrogens with zero attached hydrogens (tertiary/aromatic N) is 2. The van der Waals surface area contributed by atoms with E-state index < -0.39 is 11.4 Å². The van der Waals surface area contributed by atoms with E-state index >= 15 is 0 Å². The summed E-state index contributed by atoms with van der Waals surface area (Å²) in [6.07, 6.45) is 1.68. The predicted molar refractivity (Wildman–Crippen MR) is 67.1 cm³/mol. The van der Waals surface area contributed by atoms with Crippen LogP contribution in [0.25, 0.3) is 0 Å². The first kappa shape index (κ1) is 13.4. The number of amides is 1. The monoisotopic (exact) mass is 237 g/mol. The predicted octanol–water partition coefficient (Wildman–Crippen LogP) is 0.244. The molecule has 1 aromatic heterocycles. The van der Waals surface area contributed by atoms with E-state index in [2.05, 4.69) is 0 Å². The molecule has 1 amide bonds. The lowest BCUT2D eigenvalue weighted by molar-refractivity contribution is 0.0997. The van der Waals surface area contributed by atoms with Crippen LogP contribution in [0.3, 0.4) is 0 Å². The molecule has 2 N–H and O–H groups in total. The molecule has 0 bridgehead atoms. The Balaban J connectivity index is 3.28. The van der Waals surface area contributed by atoms with Gasteiger partial charge in [-0.15, -0.1) is 0 Å². The molecule has 0 saturated carbocycles. The van der Waals surface area contributed by atoms with Crippen LogP contribution in [0.2, 0.25) is 0 Å². The van der Waals surface area contributed by atoms with Crippen molar-refractivity contribution in [1.29, 1.82) is 0 Å². The minimum absolute atomic E-state index is 0.0272. The van der Waals surface area contributed by atoms with E-state index in [1.807, 2.05) is 32.8 Å². The number of rotatable bonds is 4. The van der Waals surface area contributed by atoms with E-state index in [4.69, 9.17) is 5.73 Å². The van der Waals surface area contributed by atoms with Crippen LogP contribution in [0, 0.1) is 0 Å². The molecular weight excluding hydrogens is 218 g/mol. The second-order valence-electron chi connectivity index (χ2n) is 5.01. The van der Waals surface area contributed by atoms with Gasteiger partial charge >= 0.3 is 0 Å². The van der Waals surface area contributed by atoms with Crippen LogP contribution < -0.4 is 11.3 Å². The number of hydrogen-bond donors (Lipinski definition) is 1. The first-order valence-electron chi connectivity index (χ1n) is 5.42. The van der Waals surface area contributed by atoms with Gasteiger partial charge in [-0.25, -0.2) is 0 Å². The van der Waals surface area contributed by atoms with Gasteiger partial charge in [-0.1, -0.05) is 0 Å². The Labute approximate surface area is 101 Å². The Morgan fingerprint density at radius 1 is 1.47 bits per heavy atom. The SMILES string of the molecule is CN(C)CC(C)(C)n1cccc(C(N)=O)c1=O. The second-order valence-corrected chi connectivity index (χ2v) is 5.01. The fraction of sp³-hybridized carbons (Fsp3) is 0.500. The van der Waals surface area contributed by atoms with Gasteiger partial charge in [-0.2, -0.15) is 0 Å². The van der Waals surface area contributed by atoms with Crippen molar-refractivity contribution < 1.29 is 4.79 Å². The molecule has 0 saturated heterocycles. The maximum Gasteiger partial charge on any atom is 0.263 e. The summed E-state index contributed by atoms with van der Waals surface area (Å²) in [5.74, 6) is -0.690. The van der Waals surface area contributed by atoms with Crippen molar-refractivity contribution in [1.82, 2.24) is 9.47 Å². The molecule has 0 aromatic carbocycles. The smallest absolute Gasteiger partial charge is 0.263 e. The minimum atomic E-state index is -0.690. The fourth-order valence-electron chi connectivity index (χ4n) is 2.01. The molecule has 1 heterocycles. The van der Waals surface area contributed by atoms with Gasteiger partial charge in [0.2, 0.25) is 0 Å². The van der Waals surface area contributed by atoms with Crippen molar-refractivity contribution in [2.24, 2.45) is 5.73 Å². The number of aromatic nitrogens is 1. The zero-order chi connectivity index (χ0) is 13.2. The largest absolute Gasteiger partial charge is 0.365 e. The van der Waals surface area contributed by atoms with Crippen molar-refractivity contribution in [3.63, 3.8) is 0 Å². The van der Waals surface area contributed by atoms with Crippen LogP contribution in [-0.2, 0) is 5.54 Å². The van der Waals surface area contributed by atoms with Crippen LogP contribution in [0.15, 0.2) is 23.1 Å². The number of primary amides is 1. The lowest BCUT2D eigenvalue weighted by atomic mass is 10.0. The van der Waals surface area contributed by atoms with E-state index in [-0.39, 0.29) is 11.1 Å². The Bertz CT molecular complexity index is 475. The third-order valence-corrected chi connectivity index (χ3v) is 2.57. The zero-order valence-electron chi connectivity index (χ0n) is 10.7. The van der Waals surface area contributed by atoms with Crippen molar-refractivity contribution in [3.05, 3.63) is 34.2 Å². The van der Waals surface area contributed by atoms with Crippen LogP contribution in [0.4, 0.5) is 0 Å². The highest BCUT2D eigenvalue weighted by atomic mass is 16.2. The lowest BCUT2D eigenvalue weighted by Gasteiger charge is -2.30.